The van der Waals surface area contributed by atoms with Gasteiger partial charge in [0.2, 0.25) is 5.91 Å². The van der Waals surface area contributed by atoms with Crippen LogP contribution in [0.3, 0.4) is 0 Å². The molecule has 0 fully saturated rings. The molecule has 0 unspecified atom stereocenters. The summed E-state index contributed by atoms with van der Waals surface area (Å²) in [6.45, 7) is 6.61. The normalized spacial score (nSPS) is 11.8. The van der Waals surface area contributed by atoms with Crippen molar-refractivity contribution in [3.05, 3.63) is 74.1 Å². The fourth-order valence-corrected chi connectivity index (χ4v) is 4.58. The van der Waals surface area contributed by atoms with Gasteiger partial charge in [-0.1, -0.05) is 51.1 Å². The van der Waals surface area contributed by atoms with Gasteiger partial charge >= 0.3 is 5.69 Å². The third-order valence-electron chi connectivity index (χ3n) is 5.52. The largest absolute Gasteiger partial charge is 0.383 e. The number of ether oxygens (including phenoxy) is 1. The van der Waals surface area contributed by atoms with Crippen molar-refractivity contribution in [2.24, 2.45) is 0 Å². The van der Waals surface area contributed by atoms with Crippen LogP contribution in [0.4, 0.5) is 5.13 Å². The van der Waals surface area contributed by atoms with Crippen LogP contribution in [-0.4, -0.2) is 43.3 Å². The number of aromatic nitrogens is 5. The first-order valence-corrected chi connectivity index (χ1v) is 12.0. The van der Waals surface area contributed by atoms with Crippen molar-refractivity contribution < 1.29 is 9.53 Å². The van der Waals surface area contributed by atoms with Gasteiger partial charge in [0, 0.05) is 24.4 Å². The first kappa shape index (κ1) is 24.6. The molecule has 4 rings (SSSR count). The number of hydrogen-bond donors (Lipinski definition) is 1. The Kier molecular flexibility index (Phi) is 6.99. The Labute approximate surface area is 205 Å². The van der Waals surface area contributed by atoms with Crippen molar-refractivity contribution in [1.29, 1.82) is 0 Å². The van der Waals surface area contributed by atoms with E-state index in [9.17, 15) is 14.4 Å². The zero-order valence-electron chi connectivity index (χ0n) is 20.1. The molecule has 35 heavy (non-hydrogen) atoms. The number of imidazole rings is 1. The molecule has 1 aromatic carbocycles. The summed E-state index contributed by atoms with van der Waals surface area (Å²) in [5, 5.41) is 5.02. The second kappa shape index (κ2) is 9.96. The van der Waals surface area contributed by atoms with Gasteiger partial charge in [0.25, 0.3) is 5.56 Å². The predicted molar refractivity (Wildman–Crippen MR) is 135 cm³/mol. The lowest BCUT2D eigenvalue weighted by Crippen LogP contribution is -2.43. The molecule has 3 aromatic heterocycles. The average molecular weight is 497 g/mol. The molecule has 10 nitrogen and oxygen atoms in total. The van der Waals surface area contributed by atoms with Crippen LogP contribution in [0, 0.1) is 0 Å². The molecule has 0 atom stereocenters. The number of anilines is 1. The molecule has 0 aliphatic carbocycles. The molecule has 0 saturated carbocycles. The molecule has 0 aliphatic rings. The topological polar surface area (TPSA) is 113 Å². The van der Waals surface area contributed by atoms with E-state index in [4.69, 9.17) is 4.74 Å². The Morgan fingerprint density at radius 2 is 1.89 bits per heavy atom. The minimum absolute atomic E-state index is 0.159. The van der Waals surface area contributed by atoms with Gasteiger partial charge in [-0.3, -0.25) is 14.2 Å². The number of hydrogen-bond acceptors (Lipinski definition) is 7. The summed E-state index contributed by atoms with van der Waals surface area (Å²) in [7, 11) is 1.57. The fourth-order valence-electron chi connectivity index (χ4n) is 3.62. The van der Waals surface area contributed by atoms with Crippen molar-refractivity contribution in [1.82, 2.24) is 23.7 Å². The number of rotatable bonds is 8. The fraction of sp³-hybridized carbons (Fsp3) is 0.375. The van der Waals surface area contributed by atoms with Crippen LogP contribution >= 0.6 is 11.3 Å². The van der Waals surface area contributed by atoms with Gasteiger partial charge in [-0.2, -0.15) is 0 Å². The van der Waals surface area contributed by atoms with Crippen LogP contribution in [0.25, 0.3) is 11.2 Å². The molecule has 0 radical (unpaired) electrons. The number of fused-ring (bicyclic) bond motifs is 1. The molecule has 184 valence electrons. The summed E-state index contributed by atoms with van der Waals surface area (Å²) >= 11 is 1.30. The maximum Gasteiger partial charge on any atom is 0.333 e. The van der Waals surface area contributed by atoms with Crippen molar-refractivity contribution in [3.63, 3.8) is 0 Å². The summed E-state index contributed by atoms with van der Waals surface area (Å²) in [6, 6.07) is 9.40. The van der Waals surface area contributed by atoms with E-state index in [2.05, 4.69) is 15.3 Å². The van der Waals surface area contributed by atoms with Crippen LogP contribution < -0.4 is 16.6 Å². The van der Waals surface area contributed by atoms with Gasteiger partial charge in [0.15, 0.2) is 16.3 Å². The summed E-state index contributed by atoms with van der Waals surface area (Å²) in [4.78, 5) is 48.5. The SMILES string of the molecule is COCCn1cnc2c1c(=O)n(CC(=O)Nc1nc(C(C)(C)C)cs1)c(=O)n2Cc1ccccc1. The quantitative estimate of drug-likeness (QED) is 0.401. The van der Waals surface area contributed by atoms with Gasteiger partial charge in [0.1, 0.15) is 6.54 Å². The van der Waals surface area contributed by atoms with Crippen LogP contribution in [0.5, 0.6) is 0 Å². The monoisotopic (exact) mass is 496 g/mol. The molecular weight excluding hydrogens is 468 g/mol. The van der Waals surface area contributed by atoms with Gasteiger partial charge in [-0.25, -0.2) is 19.3 Å². The molecule has 3 heterocycles. The van der Waals surface area contributed by atoms with Crippen LogP contribution in [0.1, 0.15) is 32.0 Å². The second-order valence-corrected chi connectivity index (χ2v) is 10.0. The maximum atomic E-state index is 13.4. The maximum absolute atomic E-state index is 13.4. The highest BCUT2D eigenvalue weighted by atomic mass is 32.1. The van der Waals surface area contributed by atoms with E-state index >= 15 is 0 Å². The van der Waals surface area contributed by atoms with E-state index in [1.165, 1.54) is 22.2 Å². The lowest BCUT2D eigenvalue weighted by Gasteiger charge is -2.14. The smallest absolute Gasteiger partial charge is 0.333 e. The molecule has 1 N–H and O–H groups in total. The molecule has 4 aromatic rings. The summed E-state index contributed by atoms with van der Waals surface area (Å²) < 4.78 is 9.16. The minimum atomic E-state index is -0.604. The number of carbonyl (C=O) groups is 1. The lowest BCUT2D eigenvalue weighted by atomic mass is 9.93. The molecule has 0 saturated heterocycles. The predicted octanol–water partition coefficient (Wildman–Crippen LogP) is 2.45. The number of nitrogens with one attached hydrogen (secondary N) is 1. The lowest BCUT2D eigenvalue weighted by molar-refractivity contribution is -0.116. The highest BCUT2D eigenvalue weighted by molar-refractivity contribution is 7.13. The Morgan fingerprint density at radius 3 is 2.54 bits per heavy atom. The van der Waals surface area contributed by atoms with Gasteiger partial charge in [-0.05, 0) is 5.56 Å². The summed E-state index contributed by atoms with van der Waals surface area (Å²) in [6.07, 6.45) is 1.51. The second-order valence-electron chi connectivity index (χ2n) is 9.18. The minimum Gasteiger partial charge on any atom is -0.383 e. The van der Waals surface area contributed by atoms with Crippen molar-refractivity contribution in [2.75, 3.05) is 19.0 Å². The van der Waals surface area contributed by atoms with E-state index < -0.39 is 23.7 Å². The highest BCUT2D eigenvalue weighted by Gasteiger charge is 2.21. The Morgan fingerprint density at radius 1 is 1.14 bits per heavy atom. The third-order valence-corrected chi connectivity index (χ3v) is 6.28. The molecule has 1 amide bonds. The molecule has 0 aliphatic heterocycles. The Hall–Kier alpha value is -3.57. The van der Waals surface area contributed by atoms with E-state index in [-0.39, 0.29) is 23.1 Å². The number of methoxy groups -OCH3 is 1. The number of nitrogens with zero attached hydrogens (tertiary/aromatic N) is 5. The summed E-state index contributed by atoms with van der Waals surface area (Å²) in [5.74, 6) is -0.507. The van der Waals surface area contributed by atoms with Crippen LogP contribution in [-0.2, 0) is 34.6 Å². The first-order chi connectivity index (χ1) is 16.7. The Balaban J connectivity index is 1.73. The van der Waals surface area contributed by atoms with E-state index in [0.29, 0.717) is 18.3 Å². The number of amides is 1. The van der Waals surface area contributed by atoms with Crippen molar-refractivity contribution >= 4 is 33.5 Å². The van der Waals surface area contributed by atoms with Gasteiger partial charge in [-0.15, -0.1) is 11.3 Å². The number of benzene rings is 1. The van der Waals surface area contributed by atoms with Crippen LogP contribution in [0.15, 0.2) is 51.6 Å². The van der Waals surface area contributed by atoms with E-state index in [0.717, 1.165) is 15.8 Å². The molecule has 11 heteroatoms. The Bertz CT molecular complexity index is 1460. The van der Waals surface area contributed by atoms with Crippen molar-refractivity contribution in [2.45, 2.75) is 45.8 Å². The molecular formula is C24H28N6O4S. The highest BCUT2D eigenvalue weighted by Crippen LogP contribution is 2.26. The van der Waals surface area contributed by atoms with Crippen molar-refractivity contribution in [3.8, 4) is 0 Å². The van der Waals surface area contributed by atoms with Gasteiger partial charge < -0.3 is 14.6 Å². The third kappa shape index (κ3) is 5.25. The van der Waals surface area contributed by atoms with E-state index in [1.807, 2.05) is 56.5 Å². The average Bonchev–Trinajstić information content (AvgIpc) is 3.46. The van der Waals surface area contributed by atoms with E-state index in [1.54, 1.807) is 11.7 Å². The van der Waals surface area contributed by atoms with Gasteiger partial charge in [0.05, 0.1) is 25.2 Å². The number of carbonyl (C=O) groups excluding carboxylic acids is 1. The zero-order valence-corrected chi connectivity index (χ0v) is 21.0. The molecule has 0 bridgehead atoms. The van der Waals surface area contributed by atoms with Crippen LogP contribution in [0.2, 0.25) is 0 Å². The molecule has 0 spiro atoms. The standard InChI is InChI=1S/C24H28N6O4S/c1-24(2,3)17-14-35-22(26-17)27-18(31)13-30-21(32)19-20(25-15-28(19)10-11-34-4)29(23(30)33)12-16-8-6-5-7-9-16/h5-9,14-15H,10-13H2,1-4H3,(H,26,27,31). The first-order valence-electron chi connectivity index (χ1n) is 11.2. The zero-order chi connectivity index (χ0) is 25.2. The number of thiazole rings is 1. The summed E-state index contributed by atoms with van der Waals surface area (Å²) in [5.41, 5.74) is 0.896.